The molecule has 0 radical (unpaired) electrons. The molecule has 2 rings (SSSR count). The second-order valence-corrected chi connectivity index (χ2v) is 3.82. The molecule has 0 bridgehead atoms. The van der Waals surface area contributed by atoms with Crippen molar-refractivity contribution in [2.45, 2.75) is 25.8 Å². The van der Waals surface area contributed by atoms with Crippen LogP contribution in [0.15, 0.2) is 10.6 Å². The minimum absolute atomic E-state index is 0.140. The molecule has 1 aliphatic rings. The smallest absolute Gasteiger partial charge is 0.273 e. The van der Waals surface area contributed by atoms with E-state index in [0.29, 0.717) is 11.5 Å². The predicted molar refractivity (Wildman–Crippen MR) is 54.6 cm³/mol. The highest BCUT2D eigenvalue weighted by Crippen LogP contribution is 2.05. The lowest BCUT2D eigenvalue weighted by atomic mass is 10.1. The van der Waals surface area contributed by atoms with Gasteiger partial charge in [-0.05, 0) is 32.9 Å². The number of piperidine rings is 1. The van der Waals surface area contributed by atoms with Crippen LogP contribution in [0.3, 0.4) is 0 Å². The lowest BCUT2D eigenvalue weighted by molar-refractivity contribution is 0.0920. The van der Waals surface area contributed by atoms with Gasteiger partial charge in [-0.1, -0.05) is 5.16 Å². The van der Waals surface area contributed by atoms with Gasteiger partial charge in [0.1, 0.15) is 5.76 Å². The normalized spacial score (nSPS) is 17.7. The van der Waals surface area contributed by atoms with Gasteiger partial charge in [-0.25, -0.2) is 0 Å². The van der Waals surface area contributed by atoms with Crippen LogP contribution in [0.1, 0.15) is 29.1 Å². The summed E-state index contributed by atoms with van der Waals surface area (Å²) >= 11 is 0. The van der Waals surface area contributed by atoms with Crippen molar-refractivity contribution in [1.82, 2.24) is 15.8 Å². The lowest BCUT2D eigenvalue weighted by Crippen LogP contribution is -2.42. The summed E-state index contributed by atoms with van der Waals surface area (Å²) in [6.07, 6.45) is 1.95. The van der Waals surface area contributed by atoms with Crippen LogP contribution in [-0.2, 0) is 0 Å². The minimum atomic E-state index is -0.140. The molecule has 0 unspecified atom stereocenters. The van der Waals surface area contributed by atoms with E-state index < -0.39 is 0 Å². The monoisotopic (exact) mass is 209 g/mol. The number of carbonyl (C=O) groups excluding carboxylic acids is 1. The van der Waals surface area contributed by atoms with Gasteiger partial charge < -0.3 is 15.2 Å². The van der Waals surface area contributed by atoms with Gasteiger partial charge >= 0.3 is 0 Å². The zero-order chi connectivity index (χ0) is 10.7. The molecule has 1 aliphatic heterocycles. The van der Waals surface area contributed by atoms with E-state index in [1.54, 1.807) is 13.0 Å². The fraction of sp³-hybridized carbons (Fsp3) is 0.600. The Morgan fingerprint density at radius 1 is 1.60 bits per heavy atom. The molecule has 5 heteroatoms. The molecule has 1 aromatic heterocycles. The highest BCUT2D eigenvalue weighted by Gasteiger charge is 2.18. The van der Waals surface area contributed by atoms with Crippen molar-refractivity contribution in [2.24, 2.45) is 0 Å². The average Bonchev–Trinajstić information content (AvgIpc) is 2.66. The summed E-state index contributed by atoms with van der Waals surface area (Å²) in [5.41, 5.74) is 0.367. The molecule has 2 heterocycles. The number of hydrogen-bond donors (Lipinski definition) is 2. The van der Waals surface area contributed by atoms with Crippen LogP contribution in [0.25, 0.3) is 0 Å². The molecule has 1 fully saturated rings. The number of aromatic nitrogens is 1. The van der Waals surface area contributed by atoms with Crippen LogP contribution in [0, 0.1) is 6.92 Å². The number of nitrogens with zero attached hydrogens (tertiary/aromatic N) is 1. The second kappa shape index (κ2) is 4.44. The highest BCUT2D eigenvalue weighted by molar-refractivity contribution is 5.92. The lowest BCUT2D eigenvalue weighted by Gasteiger charge is -2.23. The van der Waals surface area contributed by atoms with E-state index in [9.17, 15) is 4.79 Å². The van der Waals surface area contributed by atoms with Gasteiger partial charge in [-0.15, -0.1) is 0 Å². The number of hydrogen-bond acceptors (Lipinski definition) is 4. The zero-order valence-electron chi connectivity index (χ0n) is 8.75. The zero-order valence-corrected chi connectivity index (χ0v) is 8.75. The van der Waals surface area contributed by atoms with E-state index >= 15 is 0 Å². The molecular formula is C10H15N3O2. The number of aryl methyl sites for hydroxylation is 1. The summed E-state index contributed by atoms with van der Waals surface area (Å²) in [5.74, 6) is 0.518. The third kappa shape index (κ3) is 2.56. The summed E-state index contributed by atoms with van der Waals surface area (Å²) in [4.78, 5) is 11.7. The van der Waals surface area contributed by atoms with Crippen molar-refractivity contribution in [2.75, 3.05) is 13.1 Å². The Hall–Kier alpha value is -1.36. The molecule has 0 aliphatic carbocycles. The van der Waals surface area contributed by atoms with Crippen LogP contribution >= 0.6 is 0 Å². The van der Waals surface area contributed by atoms with Crippen molar-refractivity contribution in [1.29, 1.82) is 0 Å². The van der Waals surface area contributed by atoms with Gasteiger partial charge in [-0.2, -0.15) is 0 Å². The summed E-state index contributed by atoms with van der Waals surface area (Å²) in [6, 6.07) is 1.91. The maximum absolute atomic E-state index is 11.7. The number of amides is 1. The maximum atomic E-state index is 11.7. The Kier molecular flexibility index (Phi) is 3.01. The predicted octanol–water partition coefficient (Wildman–Crippen LogP) is 0.465. The van der Waals surface area contributed by atoms with Crippen LogP contribution in [0.2, 0.25) is 0 Å². The quantitative estimate of drug-likeness (QED) is 0.742. The van der Waals surface area contributed by atoms with Gasteiger partial charge in [0.2, 0.25) is 0 Å². The van der Waals surface area contributed by atoms with Gasteiger partial charge in [0.05, 0.1) is 0 Å². The molecule has 0 atom stereocenters. The molecular weight excluding hydrogens is 194 g/mol. The molecule has 0 aromatic carbocycles. The summed E-state index contributed by atoms with van der Waals surface area (Å²) in [6.45, 7) is 3.69. The fourth-order valence-corrected chi connectivity index (χ4v) is 1.70. The van der Waals surface area contributed by atoms with Crippen molar-refractivity contribution in [3.8, 4) is 0 Å². The van der Waals surface area contributed by atoms with Crippen molar-refractivity contribution < 1.29 is 9.32 Å². The summed E-state index contributed by atoms with van der Waals surface area (Å²) in [5, 5.41) is 9.87. The SMILES string of the molecule is Cc1cc(C(=O)NC2CCNCC2)no1. The van der Waals surface area contributed by atoms with Gasteiger partial charge in [0.15, 0.2) is 5.69 Å². The first-order valence-corrected chi connectivity index (χ1v) is 5.20. The minimum Gasteiger partial charge on any atom is -0.361 e. The standard InChI is InChI=1S/C10H15N3O2/c1-7-6-9(13-15-7)10(14)12-8-2-4-11-5-3-8/h6,8,11H,2-5H2,1H3,(H,12,14). The maximum Gasteiger partial charge on any atom is 0.273 e. The van der Waals surface area contributed by atoms with Gasteiger partial charge in [0.25, 0.3) is 5.91 Å². The topological polar surface area (TPSA) is 67.2 Å². The number of carbonyl (C=O) groups is 1. The van der Waals surface area contributed by atoms with E-state index in [4.69, 9.17) is 4.52 Å². The van der Waals surface area contributed by atoms with E-state index in [1.165, 1.54) is 0 Å². The molecule has 1 saturated heterocycles. The van der Waals surface area contributed by atoms with E-state index in [1.807, 2.05) is 0 Å². The Labute approximate surface area is 88.2 Å². The Balaban J connectivity index is 1.91. The first kappa shape index (κ1) is 10.2. The first-order chi connectivity index (χ1) is 7.25. The molecule has 5 nitrogen and oxygen atoms in total. The van der Waals surface area contributed by atoms with E-state index in [2.05, 4.69) is 15.8 Å². The van der Waals surface area contributed by atoms with Crippen molar-refractivity contribution in [3.63, 3.8) is 0 Å². The average molecular weight is 209 g/mol. The Bertz CT molecular complexity index is 342. The third-order valence-corrected chi connectivity index (χ3v) is 2.53. The van der Waals surface area contributed by atoms with Crippen LogP contribution < -0.4 is 10.6 Å². The number of rotatable bonds is 2. The molecule has 15 heavy (non-hydrogen) atoms. The Morgan fingerprint density at radius 3 is 2.93 bits per heavy atom. The largest absolute Gasteiger partial charge is 0.361 e. The first-order valence-electron chi connectivity index (χ1n) is 5.20. The van der Waals surface area contributed by atoms with Gasteiger partial charge in [0, 0.05) is 12.1 Å². The third-order valence-electron chi connectivity index (χ3n) is 2.53. The van der Waals surface area contributed by atoms with Crippen LogP contribution in [0.4, 0.5) is 0 Å². The second-order valence-electron chi connectivity index (χ2n) is 3.82. The summed E-state index contributed by atoms with van der Waals surface area (Å²) in [7, 11) is 0. The number of nitrogens with one attached hydrogen (secondary N) is 2. The molecule has 0 spiro atoms. The molecule has 1 amide bonds. The van der Waals surface area contributed by atoms with E-state index in [0.717, 1.165) is 25.9 Å². The van der Waals surface area contributed by atoms with Crippen molar-refractivity contribution >= 4 is 5.91 Å². The molecule has 82 valence electrons. The van der Waals surface area contributed by atoms with Crippen LogP contribution in [-0.4, -0.2) is 30.2 Å². The molecule has 0 saturated carbocycles. The van der Waals surface area contributed by atoms with Crippen molar-refractivity contribution in [3.05, 3.63) is 17.5 Å². The van der Waals surface area contributed by atoms with E-state index in [-0.39, 0.29) is 11.9 Å². The molecule has 1 aromatic rings. The highest BCUT2D eigenvalue weighted by atomic mass is 16.5. The fourth-order valence-electron chi connectivity index (χ4n) is 1.70. The molecule has 2 N–H and O–H groups in total. The van der Waals surface area contributed by atoms with Gasteiger partial charge in [-0.3, -0.25) is 4.79 Å². The van der Waals surface area contributed by atoms with Crippen LogP contribution in [0.5, 0.6) is 0 Å². The Morgan fingerprint density at radius 2 is 2.33 bits per heavy atom. The summed E-state index contributed by atoms with van der Waals surface area (Å²) < 4.78 is 4.85.